The van der Waals surface area contributed by atoms with E-state index in [-0.39, 0.29) is 5.75 Å². The van der Waals surface area contributed by atoms with E-state index in [9.17, 15) is 8.78 Å². The van der Waals surface area contributed by atoms with Crippen LogP contribution in [-0.2, 0) is 0 Å². The molecule has 5 heteroatoms. The number of benzene rings is 3. The number of rotatable bonds is 5. The molecule has 27 heavy (non-hydrogen) atoms. The Balaban J connectivity index is 1.54. The van der Waals surface area contributed by atoms with Crippen molar-refractivity contribution in [2.24, 2.45) is 0 Å². The molecule has 0 bridgehead atoms. The third-order valence-corrected chi connectivity index (χ3v) is 4.03. The zero-order chi connectivity index (χ0) is 18.6. The Hall–Kier alpha value is -3.47. The van der Waals surface area contributed by atoms with Gasteiger partial charge in [0.1, 0.15) is 11.3 Å². The fraction of sp³-hybridized carbons (Fsp3) is 0.0455. The van der Waals surface area contributed by atoms with Crippen molar-refractivity contribution in [3.8, 4) is 16.9 Å². The minimum Gasteiger partial charge on any atom is -0.437 e. The molecule has 3 aromatic carbocycles. The maximum atomic E-state index is 12.2. The Kier molecular flexibility index (Phi) is 4.66. The number of oxazole rings is 1. The molecule has 3 nitrogen and oxygen atoms in total. The van der Waals surface area contributed by atoms with Gasteiger partial charge in [0.15, 0.2) is 5.58 Å². The predicted octanol–water partition coefficient (Wildman–Crippen LogP) is 6.27. The van der Waals surface area contributed by atoms with Crippen LogP contribution in [0.15, 0.2) is 77.2 Å². The second kappa shape index (κ2) is 7.41. The molecule has 0 aliphatic rings. The van der Waals surface area contributed by atoms with E-state index >= 15 is 0 Å². The lowest BCUT2D eigenvalue weighted by Crippen LogP contribution is -2.01. The molecule has 4 aromatic rings. The molecule has 0 amide bonds. The first-order valence-corrected chi connectivity index (χ1v) is 8.36. The van der Waals surface area contributed by atoms with Gasteiger partial charge in [0.25, 0.3) is 0 Å². The minimum atomic E-state index is -2.83. The number of nitrogens with zero attached hydrogens (tertiary/aromatic N) is 1. The molecule has 0 radical (unpaired) electrons. The van der Waals surface area contributed by atoms with Gasteiger partial charge in [0.2, 0.25) is 5.89 Å². The van der Waals surface area contributed by atoms with Crippen LogP contribution in [0.25, 0.3) is 34.4 Å². The fourth-order valence-electron chi connectivity index (χ4n) is 2.75. The van der Waals surface area contributed by atoms with E-state index < -0.39 is 6.61 Å². The lowest BCUT2D eigenvalue weighted by atomic mass is 10.1. The van der Waals surface area contributed by atoms with E-state index in [1.165, 1.54) is 12.1 Å². The molecule has 0 aliphatic heterocycles. The van der Waals surface area contributed by atoms with E-state index in [4.69, 9.17) is 4.42 Å². The normalized spacial score (nSPS) is 11.5. The van der Waals surface area contributed by atoms with E-state index in [1.807, 2.05) is 48.5 Å². The number of alkyl halides is 2. The van der Waals surface area contributed by atoms with E-state index in [1.54, 1.807) is 24.3 Å². The van der Waals surface area contributed by atoms with Crippen molar-refractivity contribution < 1.29 is 17.9 Å². The summed E-state index contributed by atoms with van der Waals surface area (Å²) in [4.78, 5) is 4.49. The third-order valence-electron chi connectivity index (χ3n) is 4.03. The Labute approximate surface area is 154 Å². The van der Waals surface area contributed by atoms with Crippen LogP contribution in [0.2, 0.25) is 0 Å². The maximum Gasteiger partial charge on any atom is 0.387 e. The molecule has 0 aliphatic carbocycles. The average molecular weight is 363 g/mol. The maximum absolute atomic E-state index is 12.2. The fourth-order valence-corrected chi connectivity index (χ4v) is 2.75. The highest BCUT2D eigenvalue weighted by molar-refractivity contribution is 5.82. The van der Waals surface area contributed by atoms with Gasteiger partial charge in [0.05, 0.1) is 0 Å². The lowest BCUT2D eigenvalue weighted by Gasteiger charge is -2.03. The minimum absolute atomic E-state index is 0.123. The molecule has 0 unspecified atom stereocenters. The molecule has 0 atom stereocenters. The van der Waals surface area contributed by atoms with Gasteiger partial charge < -0.3 is 9.15 Å². The van der Waals surface area contributed by atoms with Crippen molar-refractivity contribution >= 4 is 23.3 Å². The molecule has 0 fully saturated rings. The topological polar surface area (TPSA) is 35.3 Å². The highest BCUT2D eigenvalue weighted by Crippen LogP contribution is 2.25. The molecule has 0 spiro atoms. The van der Waals surface area contributed by atoms with Gasteiger partial charge in [0, 0.05) is 6.08 Å². The summed E-state index contributed by atoms with van der Waals surface area (Å²) in [7, 11) is 0. The monoisotopic (exact) mass is 363 g/mol. The summed E-state index contributed by atoms with van der Waals surface area (Å²) in [6.45, 7) is -2.83. The average Bonchev–Trinajstić information content (AvgIpc) is 3.10. The van der Waals surface area contributed by atoms with Crippen LogP contribution in [0.3, 0.4) is 0 Å². The van der Waals surface area contributed by atoms with Crippen molar-refractivity contribution in [3.63, 3.8) is 0 Å². The number of aromatic nitrogens is 1. The quantitative estimate of drug-likeness (QED) is 0.419. The predicted molar refractivity (Wildman–Crippen MR) is 101 cm³/mol. The van der Waals surface area contributed by atoms with Gasteiger partial charge in [-0.05, 0) is 47.0 Å². The van der Waals surface area contributed by atoms with E-state index in [2.05, 4.69) is 9.72 Å². The summed E-state index contributed by atoms with van der Waals surface area (Å²) in [5, 5.41) is 0. The van der Waals surface area contributed by atoms with E-state index in [0.717, 1.165) is 22.2 Å². The van der Waals surface area contributed by atoms with Crippen LogP contribution in [0.1, 0.15) is 11.5 Å². The van der Waals surface area contributed by atoms with Crippen LogP contribution in [0.5, 0.6) is 5.75 Å². The van der Waals surface area contributed by atoms with Crippen molar-refractivity contribution in [1.82, 2.24) is 4.98 Å². The van der Waals surface area contributed by atoms with Gasteiger partial charge in [-0.1, -0.05) is 48.5 Å². The van der Waals surface area contributed by atoms with Gasteiger partial charge in [-0.2, -0.15) is 8.78 Å². The van der Waals surface area contributed by atoms with Crippen LogP contribution >= 0.6 is 0 Å². The highest BCUT2D eigenvalue weighted by atomic mass is 19.3. The first-order valence-electron chi connectivity index (χ1n) is 8.36. The van der Waals surface area contributed by atoms with Crippen LogP contribution < -0.4 is 4.74 Å². The van der Waals surface area contributed by atoms with Crippen molar-refractivity contribution in [2.75, 3.05) is 0 Å². The zero-order valence-corrected chi connectivity index (χ0v) is 14.2. The van der Waals surface area contributed by atoms with Crippen LogP contribution in [0.4, 0.5) is 8.78 Å². The number of hydrogen-bond donors (Lipinski definition) is 0. The molecule has 1 aromatic heterocycles. The number of ether oxygens (including phenoxy) is 1. The lowest BCUT2D eigenvalue weighted by molar-refractivity contribution is -0.0498. The second-order valence-corrected chi connectivity index (χ2v) is 5.88. The van der Waals surface area contributed by atoms with Gasteiger partial charge in [-0.15, -0.1) is 0 Å². The first-order chi connectivity index (χ1) is 13.2. The SMILES string of the molecule is FC(F)Oc1ccc(C=Cc2nc3cc(-c4ccccc4)ccc3o2)cc1. The van der Waals surface area contributed by atoms with Crippen LogP contribution in [0, 0.1) is 0 Å². The molecule has 0 saturated heterocycles. The van der Waals surface area contributed by atoms with E-state index in [0.29, 0.717) is 11.5 Å². The molecule has 4 rings (SSSR count). The Morgan fingerprint density at radius 2 is 1.63 bits per heavy atom. The van der Waals surface area contributed by atoms with Gasteiger partial charge in [-0.25, -0.2) is 4.98 Å². The largest absolute Gasteiger partial charge is 0.437 e. The highest BCUT2D eigenvalue weighted by Gasteiger charge is 2.06. The molecule has 0 N–H and O–H groups in total. The van der Waals surface area contributed by atoms with Crippen molar-refractivity contribution in [2.45, 2.75) is 6.61 Å². The number of halogens is 2. The number of hydrogen-bond acceptors (Lipinski definition) is 3. The standard InChI is InChI=1S/C22H15F2NO2/c23-22(24)26-18-10-6-15(7-11-18)8-13-21-25-19-14-17(9-12-20(19)27-21)16-4-2-1-3-5-16/h1-14,22H. The summed E-state index contributed by atoms with van der Waals surface area (Å²) >= 11 is 0. The summed E-state index contributed by atoms with van der Waals surface area (Å²) in [6.07, 6.45) is 3.54. The molecule has 0 saturated carbocycles. The van der Waals surface area contributed by atoms with Crippen molar-refractivity contribution in [3.05, 3.63) is 84.3 Å². The zero-order valence-electron chi connectivity index (χ0n) is 14.2. The second-order valence-electron chi connectivity index (χ2n) is 5.88. The van der Waals surface area contributed by atoms with Crippen LogP contribution in [-0.4, -0.2) is 11.6 Å². The summed E-state index contributed by atoms with van der Waals surface area (Å²) in [5.41, 5.74) is 4.49. The molecule has 134 valence electrons. The first kappa shape index (κ1) is 17.0. The van der Waals surface area contributed by atoms with Crippen molar-refractivity contribution in [1.29, 1.82) is 0 Å². The Morgan fingerprint density at radius 1 is 0.852 bits per heavy atom. The summed E-state index contributed by atoms with van der Waals surface area (Å²) in [5.74, 6) is 0.598. The molecular formula is C22H15F2NO2. The Bertz CT molecular complexity index is 1070. The third kappa shape index (κ3) is 4.03. The number of fused-ring (bicyclic) bond motifs is 1. The summed E-state index contributed by atoms with van der Waals surface area (Å²) < 4.78 is 34.4. The molecular weight excluding hydrogens is 348 g/mol. The smallest absolute Gasteiger partial charge is 0.387 e. The van der Waals surface area contributed by atoms with Gasteiger partial charge >= 0.3 is 6.61 Å². The molecule has 1 heterocycles. The Morgan fingerprint density at radius 3 is 2.37 bits per heavy atom. The summed E-state index contributed by atoms with van der Waals surface area (Å²) in [6, 6.07) is 22.3. The van der Waals surface area contributed by atoms with Gasteiger partial charge in [-0.3, -0.25) is 0 Å².